The third kappa shape index (κ3) is 12.1. The quantitative estimate of drug-likeness (QED) is 0.357. The molecule has 0 radical (unpaired) electrons. The first-order valence-electron chi connectivity index (χ1n) is 7.44. The highest BCUT2D eigenvalue weighted by molar-refractivity contribution is 5.72. The molecule has 0 aliphatic carbocycles. The molecule has 0 saturated carbocycles. The van der Waals surface area contributed by atoms with Crippen molar-refractivity contribution in [1.82, 2.24) is 5.32 Å². The van der Waals surface area contributed by atoms with Crippen molar-refractivity contribution in [2.24, 2.45) is 0 Å². The third-order valence-electron chi connectivity index (χ3n) is 2.79. The standard InChI is InChI=1S/C15H25NO7/c1-10(17)16-8-6-5-7-14(22-12(3)19)15(23-13(4)20)9-21-11(2)18/h14-15H,5-9H2,1-4H3,(H,16,17)/t14-,15+/m0/s1. The fourth-order valence-corrected chi connectivity index (χ4v) is 1.90. The first kappa shape index (κ1) is 20.9. The topological polar surface area (TPSA) is 108 Å². The molecule has 0 rings (SSSR count). The van der Waals surface area contributed by atoms with Crippen LogP contribution in [0.5, 0.6) is 0 Å². The molecule has 0 aliphatic heterocycles. The fraction of sp³-hybridized carbons (Fsp3) is 0.733. The zero-order valence-corrected chi connectivity index (χ0v) is 14.0. The van der Waals surface area contributed by atoms with Crippen molar-refractivity contribution < 1.29 is 33.4 Å². The highest BCUT2D eigenvalue weighted by atomic mass is 16.6. The Kier molecular flexibility index (Phi) is 10.4. The molecule has 1 N–H and O–H groups in total. The maximum absolute atomic E-state index is 11.2. The SMILES string of the molecule is CC(=O)NCCCC[C@H](OC(C)=O)[C@@H](COC(C)=O)OC(C)=O. The van der Waals surface area contributed by atoms with Crippen LogP contribution in [-0.4, -0.2) is 49.2 Å². The van der Waals surface area contributed by atoms with Gasteiger partial charge in [0, 0.05) is 34.2 Å². The van der Waals surface area contributed by atoms with Crippen molar-refractivity contribution in [3.05, 3.63) is 0 Å². The lowest BCUT2D eigenvalue weighted by molar-refractivity contribution is -0.173. The highest BCUT2D eigenvalue weighted by Gasteiger charge is 2.28. The van der Waals surface area contributed by atoms with Crippen molar-refractivity contribution in [1.29, 1.82) is 0 Å². The van der Waals surface area contributed by atoms with Gasteiger partial charge in [-0.1, -0.05) is 0 Å². The molecule has 23 heavy (non-hydrogen) atoms. The van der Waals surface area contributed by atoms with Gasteiger partial charge in [-0.25, -0.2) is 0 Å². The average molecular weight is 331 g/mol. The minimum atomic E-state index is -0.860. The lowest BCUT2D eigenvalue weighted by atomic mass is 10.1. The Labute approximate surface area is 135 Å². The van der Waals surface area contributed by atoms with E-state index >= 15 is 0 Å². The van der Waals surface area contributed by atoms with E-state index in [-0.39, 0.29) is 12.5 Å². The molecule has 8 heteroatoms. The summed E-state index contributed by atoms with van der Waals surface area (Å²) in [5.74, 6) is -1.71. The van der Waals surface area contributed by atoms with Crippen molar-refractivity contribution >= 4 is 23.8 Å². The fourth-order valence-electron chi connectivity index (χ4n) is 1.90. The Balaban J connectivity index is 4.62. The van der Waals surface area contributed by atoms with Crippen molar-refractivity contribution in [3.63, 3.8) is 0 Å². The number of amides is 1. The van der Waals surface area contributed by atoms with Crippen LogP contribution in [0, 0.1) is 0 Å². The lowest BCUT2D eigenvalue weighted by Crippen LogP contribution is -2.38. The van der Waals surface area contributed by atoms with Gasteiger partial charge in [-0.15, -0.1) is 0 Å². The number of carbonyl (C=O) groups is 4. The van der Waals surface area contributed by atoms with Crippen LogP contribution in [0.15, 0.2) is 0 Å². The first-order chi connectivity index (χ1) is 10.7. The molecule has 0 heterocycles. The van der Waals surface area contributed by atoms with E-state index in [0.717, 1.165) is 0 Å². The van der Waals surface area contributed by atoms with Gasteiger partial charge in [-0.3, -0.25) is 19.2 Å². The van der Waals surface area contributed by atoms with Gasteiger partial charge in [-0.05, 0) is 19.3 Å². The summed E-state index contributed by atoms with van der Waals surface area (Å²) in [7, 11) is 0. The molecule has 132 valence electrons. The second-order valence-electron chi connectivity index (χ2n) is 5.08. The van der Waals surface area contributed by atoms with E-state index in [1.54, 1.807) is 0 Å². The van der Waals surface area contributed by atoms with Gasteiger partial charge in [-0.2, -0.15) is 0 Å². The predicted molar refractivity (Wildman–Crippen MR) is 80.3 cm³/mol. The molecule has 2 atom stereocenters. The molecular weight excluding hydrogens is 306 g/mol. The van der Waals surface area contributed by atoms with Gasteiger partial charge in [0.1, 0.15) is 12.7 Å². The van der Waals surface area contributed by atoms with E-state index in [9.17, 15) is 19.2 Å². The van der Waals surface area contributed by atoms with Gasteiger partial charge >= 0.3 is 17.9 Å². The van der Waals surface area contributed by atoms with Gasteiger partial charge in [0.25, 0.3) is 0 Å². The largest absolute Gasteiger partial charge is 0.462 e. The van der Waals surface area contributed by atoms with Crippen LogP contribution >= 0.6 is 0 Å². The molecule has 0 unspecified atom stereocenters. The van der Waals surface area contributed by atoms with E-state index in [4.69, 9.17) is 14.2 Å². The Hall–Kier alpha value is -2.12. The normalized spacial score (nSPS) is 12.7. The van der Waals surface area contributed by atoms with Gasteiger partial charge in [0.05, 0.1) is 0 Å². The molecule has 0 aromatic rings. The van der Waals surface area contributed by atoms with Crippen LogP contribution in [0.1, 0.15) is 47.0 Å². The molecule has 0 bridgehead atoms. The molecule has 0 aromatic heterocycles. The zero-order valence-electron chi connectivity index (χ0n) is 14.0. The van der Waals surface area contributed by atoms with E-state index in [1.807, 2.05) is 0 Å². The zero-order chi connectivity index (χ0) is 17.8. The summed E-state index contributed by atoms with van der Waals surface area (Å²) in [6.07, 6.45) is 0.153. The molecule has 0 spiro atoms. The van der Waals surface area contributed by atoms with Gasteiger partial charge in [0.15, 0.2) is 6.10 Å². The van der Waals surface area contributed by atoms with Crippen LogP contribution in [0.4, 0.5) is 0 Å². The molecule has 8 nitrogen and oxygen atoms in total. The molecular formula is C15H25NO7. The van der Waals surface area contributed by atoms with Crippen LogP contribution in [0.3, 0.4) is 0 Å². The second-order valence-corrected chi connectivity index (χ2v) is 5.08. The smallest absolute Gasteiger partial charge is 0.303 e. The first-order valence-corrected chi connectivity index (χ1v) is 7.44. The van der Waals surface area contributed by atoms with E-state index in [1.165, 1.54) is 27.7 Å². The number of rotatable bonds is 10. The van der Waals surface area contributed by atoms with Crippen LogP contribution in [0.25, 0.3) is 0 Å². The number of nitrogens with one attached hydrogen (secondary N) is 1. The van der Waals surface area contributed by atoms with E-state index in [2.05, 4.69) is 5.32 Å². The second kappa shape index (κ2) is 11.4. The summed E-state index contributed by atoms with van der Waals surface area (Å²) in [6, 6.07) is 0. The molecule has 0 fully saturated rings. The number of ether oxygens (including phenoxy) is 3. The van der Waals surface area contributed by atoms with Crippen molar-refractivity contribution in [3.8, 4) is 0 Å². The minimum Gasteiger partial charge on any atom is -0.462 e. The maximum atomic E-state index is 11.2. The van der Waals surface area contributed by atoms with Gasteiger partial charge < -0.3 is 19.5 Å². The number of unbranched alkanes of at least 4 members (excludes halogenated alkanes) is 1. The monoisotopic (exact) mass is 331 g/mol. The van der Waals surface area contributed by atoms with Crippen molar-refractivity contribution in [2.75, 3.05) is 13.2 Å². The van der Waals surface area contributed by atoms with E-state index < -0.39 is 30.1 Å². The van der Waals surface area contributed by atoms with Crippen molar-refractivity contribution in [2.45, 2.75) is 59.2 Å². The molecule has 0 saturated heterocycles. The Morgan fingerprint density at radius 3 is 1.87 bits per heavy atom. The number of carbonyl (C=O) groups excluding carboxylic acids is 4. The Bertz CT molecular complexity index is 422. The molecule has 1 amide bonds. The maximum Gasteiger partial charge on any atom is 0.303 e. The van der Waals surface area contributed by atoms with Crippen LogP contribution in [-0.2, 0) is 33.4 Å². The third-order valence-corrected chi connectivity index (χ3v) is 2.79. The predicted octanol–water partition coefficient (Wildman–Crippen LogP) is 0.719. The molecule has 0 aliphatic rings. The summed E-state index contributed by atoms with van der Waals surface area (Å²) in [5.41, 5.74) is 0. The number of esters is 3. The summed E-state index contributed by atoms with van der Waals surface area (Å²) in [4.78, 5) is 44.1. The Morgan fingerprint density at radius 2 is 1.39 bits per heavy atom. The van der Waals surface area contributed by atoms with Crippen LogP contribution in [0.2, 0.25) is 0 Å². The highest BCUT2D eigenvalue weighted by Crippen LogP contribution is 2.14. The summed E-state index contributed by atoms with van der Waals surface area (Å²) >= 11 is 0. The van der Waals surface area contributed by atoms with E-state index in [0.29, 0.717) is 25.8 Å². The van der Waals surface area contributed by atoms with Crippen LogP contribution < -0.4 is 5.32 Å². The number of hydrogen-bond donors (Lipinski definition) is 1. The Morgan fingerprint density at radius 1 is 0.826 bits per heavy atom. The lowest BCUT2D eigenvalue weighted by Gasteiger charge is -2.26. The summed E-state index contributed by atoms with van der Waals surface area (Å²) in [5, 5.41) is 2.66. The average Bonchev–Trinajstić information content (AvgIpc) is 2.40. The summed E-state index contributed by atoms with van der Waals surface area (Å²) in [6.45, 7) is 5.46. The molecule has 0 aromatic carbocycles. The van der Waals surface area contributed by atoms with Gasteiger partial charge in [0.2, 0.25) is 5.91 Å². The number of hydrogen-bond acceptors (Lipinski definition) is 7. The summed E-state index contributed by atoms with van der Waals surface area (Å²) < 4.78 is 15.1. The minimum absolute atomic E-state index is 0.116.